The third kappa shape index (κ3) is 4.49. The fourth-order valence-corrected chi connectivity index (χ4v) is 4.76. The summed E-state index contributed by atoms with van der Waals surface area (Å²) in [5, 5.41) is 0. The fraction of sp³-hybridized carbons (Fsp3) is 0.233. The second kappa shape index (κ2) is 8.86. The number of aryl methyl sites for hydroxylation is 1. The number of benzene rings is 2. The number of aromatic nitrogens is 1. The van der Waals surface area contributed by atoms with Crippen molar-refractivity contribution in [2.75, 3.05) is 11.9 Å². The molecule has 4 heteroatoms. The second-order valence-corrected chi connectivity index (χ2v) is 9.80. The number of anilines is 1. The summed E-state index contributed by atoms with van der Waals surface area (Å²) >= 11 is 0. The Morgan fingerprint density at radius 2 is 1.71 bits per heavy atom. The predicted molar refractivity (Wildman–Crippen MR) is 138 cm³/mol. The Labute approximate surface area is 201 Å². The van der Waals surface area contributed by atoms with Gasteiger partial charge < -0.3 is 14.1 Å². The van der Waals surface area contributed by atoms with E-state index < -0.39 is 0 Å². The molecule has 2 aromatic carbocycles. The van der Waals surface area contributed by atoms with Gasteiger partial charge in [0.1, 0.15) is 7.05 Å². The van der Waals surface area contributed by atoms with Gasteiger partial charge in [-0.25, -0.2) is 0 Å². The maximum absolute atomic E-state index is 5.98. The number of para-hydroxylation sites is 4. The standard InChI is InChI=1S/C30H31N2O2/c1-30(2)20-22(11-9-17-28-31(3)24-13-5-7-15-26(24)33-28)19-23(21-30)12-10-18-29-32(4)25-14-6-8-16-27(25)34-29/h5-19H,20-21H2,1-4H3/q+1. The molecule has 0 fully saturated rings. The quantitative estimate of drug-likeness (QED) is 0.405. The van der Waals surface area contributed by atoms with Crippen LogP contribution < -0.4 is 14.2 Å². The lowest BCUT2D eigenvalue weighted by Crippen LogP contribution is -2.29. The summed E-state index contributed by atoms with van der Waals surface area (Å²) in [7, 11) is 4.06. The van der Waals surface area contributed by atoms with Gasteiger partial charge >= 0.3 is 5.89 Å². The maximum Gasteiger partial charge on any atom is 0.373 e. The second-order valence-electron chi connectivity index (χ2n) is 9.80. The van der Waals surface area contributed by atoms with Crippen molar-refractivity contribution in [1.29, 1.82) is 0 Å². The van der Waals surface area contributed by atoms with Gasteiger partial charge in [-0.2, -0.15) is 4.57 Å². The molecule has 1 aliphatic carbocycles. The van der Waals surface area contributed by atoms with E-state index in [1.54, 1.807) is 0 Å². The molecule has 0 saturated heterocycles. The molecule has 4 nitrogen and oxygen atoms in total. The molecule has 0 spiro atoms. The molecular weight excluding hydrogens is 420 g/mol. The molecule has 3 aromatic rings. The van der Waals surface area contributed by atoms with Crippen LogP contribution in [0.1, 0.15) is 32.6 Å². The Bertz CT molecular complexity index is 1380. The van der Waals surface area contributed by atoms with Gasteiger partial charge in [-0.15, -0.1) is 0 Å². The van der Waals surface area contributed by atoms with Crippen LogP contribution in [0, 0.1) is 5.41 Å². The molecule has 0 bridgehead atoms. The Hall–Kier alpha value is -3.79. The molecule has 2 heterocycles. The van der Waals surface area contributed by atoms with E-state index >= 15 is 0 Å². The van der Waals surface area contributed by atoms with E-state index in [0.29, 0.717) is 0 Å². The predicted octanol–water partition coefficient (Wildman–Crippen LogP) is 6.87. The molecule has 5 rings (SSSR count). The lowest BCUT2D eigenvalue weighted by Gasteiger charge is -2.30. The Morgan fingerprint density at radius 3 is 2.53 bits per heavy atom. The molecule has 34 heavy (non-hydrogen) atoms. The third-order valence-corrected chi connectivity index (χ3v) is 6.38. The smallest absolute Gasteiger partial charge is 0.373 e. The van der Waals surface area contributed by atoms with Gasteiger partial charge in [-0.3, -0.25) is 0 Å². The molecular formula is C30H31N2O2+. The van der Waals surface area contributed by atoms with Crippen molar-refractivity contribution in [1.82, 2.24) is 0 Å². The summed E-state index contributed by atoms with van der Waals surface area (Å²) in [6, 6.07) is 16.2. The average Bonchev–Trinajstić information content (AvgIpc) is 3.30. The molecule has 0 unspecified atom stereocenters. The molecule has 0 amide bonds. The highest BCUT2D eigenvalue weighted by atomic mass is 16.5. The number of oxazole rings is 1. The van der Waals surface area contributed by atoms with Gasteiger partial charge in [0.05, 0.1) is 11.8 Å². The van der Waals surface area contributed by atoms with Gasteiger partial charge in [0.2, 0.25) is 5.58 Å². The van der Waals surface area contributed by atoms with Gasteiger partial charge in [0, 0.05) is 13.1 Å². The minimum atomic E-state index is 0.210. The zero-order valence-corrected chi connectivity index (χ0v) is 20.3. The Morgan fingerprint density at radius 1 is 0.941 bits per heavy atom. The number of allylic oxidation sites excluding steroid dienone is 8. The van der Waals surface area contributed by atoms with Gasteiger partial charge in [-0.05, 0) is 53.7 Å². The first-order chi connectivity index (χ1) is 16.4. The number of hydrogen-bond donors (Lipinski definition) is 0. The van der Waals surface area contributed by atoms with Crippen molar-refractivity contribution in [3.05, 3.63) is 108 Å². The summed E-state index contributed by atoms with van der Waals surface area (Å²) < 4.78 is 14.0. The van der Waals surface area contributed by atoms with Crippen LogP contribution in [-0.4, -0.2) is 7.05 Å². The topological polar surface area (TPSA) is 29.5 Å². The minimum Gasteiger partial charge on any atom is -0.439 e. The first-order valence-corrected chi connectivity index (χ1v) is 11.7. The van der Waals surface area contributed by atoms with Crippen LogP contribution in [0.5, 0.6) is 5.75 Å². The van der Waals surface area contributed by atoms with Crippen LogP contribution in [0.25, 0.3) is 17.2 Å². The van der Waals surface area contributed by atoms with Crippen LogP contribution in [0.15, 0.2) is 106 Å². The number of rotatable bonds is 4. The Kier molecular flexibility index (Phi) is 5.74. The third-order valence-electron chi connectivity index (χ3n) is 6.38. The van der Waals surface area contributed by atoms with E-state index in [0.717, 1.165) is 47.2 Å². The normalized spacial score (nSPS) is 20.0. The zero-order chi connectivity index (χ0) is 23.7. The van der Waals surface area contributed by atoms with Crippen molar-refractivity contribution in [3.63, 3.8) is 0 Å². The molecule has 0 saturated carbocycles. The zero-order valence-electron chi connectivity index (χ0n) is 20.3. The number of hydrogen-bond acceptors (Lipinski definition) is 3. The Balaban J connectivity index is 1.33. The average molecular weight is 452 g/mol. The van der Waals surface area contributed by atoms with Crippen LogP contribution in [0.4, 0.5) is 5.69 Å². The van der Waals surface area contributed by atoms with Crippen LogP contribution >= 0.6 is 0 Å². The molecule has 0 atom stereocenters. The molecule has 1 aliphatic heterocycles. The van der Waals surface area contributed by atoms with Crippen molar-refractivity contribution in [2.24, 2.45) is 12.5 Å². The molecule has 0 N–H and O–H groups in total. The summed E-state index contributed by atoms with van der Waals surface area (Å²) in [5.74, 6) is 2.58. The number of fused-ring (bicyclic) bond motifs is 2. The first-order valence-electron chi connectivity index (χ1n) is 11.7. The highest BCUT2D eigenvalue weighted by molar-refractivity contribution is 5.69. The molecule has 2 aliphatic rings. The fourth-order valence-electron chi connectivity index (χ4n) is 4.76. The number of nitrogens with zero attached hydrogens (tertiary/aromatic N) is 2. The summed E-state index contributed by atoms with van der Waals surface area (Å²) in [6.07, 6.45) is 17.0. The SMILES string of the molecule is CN1C(=CC=CC2=CC(=CC=Cc3oc4ccccc4[n+]3C)CC(C)(C)C2)Oc2ccccc21. The van der Waals surface area contributed by atoms with Gasteiger partial charge in [0.25, 0.3) is 5.52 Å². The lowest BCUT2D eigenvalue weighted by molar-refractivity contribution is -0.652. The monoisotopic (exact) mass is 451 g/mol. The van der Waals surface area contributed by atoms with E-state index in [-0.39, 0.29) is 5.41 Å². The van der Waals surface area contributed by atoms with Gasteiger partial charge in [-0.1, -0.05) is 68.5 Å². The molecule has 172 valence electrons. The van der Waals surface area contributed by atoms with E-state index in [1.807, 2.05) is 62.6 Å². The largest absolute Gasteiger partial charge is 0.439 e. The van der Waals surface area contributed by atoms with Crippen molar-refractivity contribution in [3.8, 4) is 5.75 Å². The molecule has 1 aromatic heterocycles. The van der Waals surface area contributed by atoms with Crippen molar-refractivity contribution in [2.45, 2.75) is 26.7 Å². The summed E-state index contributed by atoms with van der Waals surface area (Å²) in [4.78, 5) is 2.08. The van der Waals surface area contributed by atoms with E-state index in [4.69, 9.17) is 9.15 Å². The highest BCUT2D eigenvalue weighted by Gasteiger charge is 2.25. The van der Waals surface area contributed by atoms with Crippen LogP contribution in [-0.2, 0) is 7.05 Å². The van der Waals surface area contributed by atoms with Crippen LogP contribution in [0.2, 0.25) is 0 Å². The van der Waals surface area contributed by atoms with Crippen molar-refractivity contribution < 1.29 is 13.7 Å². The minimum absolute atomic E-state index is 0.210. The molecule has 0 radical (unpaired) electrons. The highest BCUT2D eigenvalue weighted by Crippen LogP contribution is 2.39. The van der Waals surface area contributed by atoms with Gasteiger partial charge in [0.15, 0.2) is 11.6 Å². The first kappa shape index (κ1) is 22.0. The summed E-state index contributed by atoms with van der Waals surface area (Å²) in [6.45, 7) is 4.65. The lowest BCUT2D eigenvalue weighted by atomic mass is 9.75. The number of ether oxygens (including phenoxy) is 1. The van der Waals surface area contributed by atoms with Crippen LogP contribution in [0.3, 0.4) is 0 Å². The maximum atomic E-state index is 5.98. The van der Waals surface area contributed by atoms with E-state index in [2.05, 4.69) is 65.8 Å². The van der Waals surface area contributed by atoms with Crippen molar-refractivity contribution >= 4 is 22.9 Å². The van der Waals surface area contributed by atoms with E-state index in [9.17, 15) is 0 Å². The summed E-state index contributed by atoms with van der Waals surface area (Å²) in [5.41, 5.74) is 5.94. The van der Waals surface area contributed by atoms with E-state index in [1.165, 1.54) is 11.1 Å².